The molecule has 0 bridgehead atoms. The molecule has 0 aliphatic carbocycles. The number of hydrogen-bond donors (Lipinski definition) is 1. The van der Waals surface area contributed by atoms with E-state index < -0.39 is 11.6 Å². The number of aromatic nitrogens is 1. The van der Waals surface area contributed by atoms with E-state index in [1.54, 1.807) is 12.1 Å². The fraction of sp³-hybridized carbons (Fsp3) is 0.250. The van der Waals surface area contributed by atoms with Crippen molar-refractivity contribution in [3.05, 3.63) is 41.7 Å². The first-order valence-corrected chi connectivity index (χ1v) is 7.07. The van der Waals surface area contributed by atoms with Crippen molar-refractivity contribution in [2.75, 3.05) is 31.2 Å². The van der Waals surface area contributed by atoms with Crippen molar-refractivity contribution in [2.24, 2.45) is 0 Å². The summed E-state index contributed by atoms with van der Waals surface area (Å²) in [5, 5.41) is 18.6. The van der Waals surface area contributed by atoms with E-state index in [0.717, 1.165) is 6.07 Å². The molecule has 2 heterocycles. The van der Waals surface area contributed by atoms with Gasteiger partial charge in [-0.15, -0.1) is 0 Å². The highest BCUT2D eigenvalue weighted by Crippen LogP contribution is 2.28. The molecule has 1 aromatic carbocycles. The third-order valence-corrected chi connectivity index (χ3v) is 3.42. The van der Waals surface area contributed by atoms with Gasteiger partial charge in [0.25, 0.3) is 0 Å². The van der Waals surface area contributed by atoms with E-state index >= 15 is 0 Å². The third kappa shape index (κ3) is 3.33. The van der Waals surface area contributed by atoms with E-state index in [9.17, 15) is 14.8 Å². The number of rotatable bonds is 3. The van der Waals surface area contributed by atoms with E-state index in [0.29, 0.717) is 37.7 Å². The zero-order chi connectivity index (χ0) is 16.2. The average molecular weight is 315 g/mol. The number of anilines is 1. The summed E-state index contributed by atoms with van der Waals surface area (Å²) in [5.41, 5.74) is 0.446. The lowest BCUT2D eigenvalue weighted by Gasteiger charge is -2.28. The second-order valence-corrected chi connectivity index (χ2v) is 4.95. The maximum atomic E-state index is 13.1. The zero-order valence-corrected chi connectivity index (χ0v) is 12.2. The van der Waals surface area contributed by atoms with E-state index in [2.05, 4.69) is 11.1 Å². The number of morpholine rings is 1. The van der Waals surface area contributed by atoms with Crippen molar-refractivity contribution < 1.29 is 19.0 Å². The lowest BCUT2D eigenvalue weighted by molar-refractivity contribution is 0.122. The first-order valence-electron chi connectivity index (χ1n) is 7.07. The largest absolute Gasteiger partial charge is 0.505 e. The Kier molecular flexibility index (Phi) is 4.26. The molecule has 1 fully saturated rings. The molecule has 0 unspecified atom stereocenters. The minimum atomic E-state index is -0.723. The van der Waals surface area contributed by atoms with E-state index in [1.807, 2.05) is 4.90 Å². The van der Waals surface area contributed by atoms with E-state index in [1.165, 1.54) is 12.1 Å². The van der Waals surface area contributed by atoms with Crippen molar-refractivity contribution in [3.63, 3.8) is 0 Å². The molecule has 1 saturated heterocycles. The van der Waals surface area contributed by atoms with Gasteiger partial charge in [0, 0.05) is 25.2 Å². The van der Waals surface area contributed by atoms with Gasteiger partial charge in [0.05, 0.1) is 18.8 Å². The number of halogens is 1. The molecule has 6 nitrogen and oxygen atoms in total. The number of ether oxygens (including phenoxy) is 2. The monoisotopic (exact) mass is 315 g/mol. The molecule has 23 heavy (non-hydrogen) atoms. The summed E-state index contributed by atoms with van der Waals surface area (Å²) in [7, 11) is 0. The van der Waals surface area contributed by atoms with Crippen molar-refractivity contribution in [2.45, 2.75) is 0 Å². The fourth-order valence-electron chi connectivity index (χ4n) is 2.27. The fourth-order valence-corrected chi connectivity index (χ4v) is 2.27. The first kappa shape index (κ1) is 15.1. The minimum Gasteiger partial charge on any atom is -0.505 e. The average Bonchev–Trinajstić information content (AvgIpc) is 2.59. The summed E-state index contributed by atoms with van der Waals surface area (Å²) in [5.74, 6) is -0.172. The van der Waals surface area contributed by atoms with Crippen molar-refractivity contribution in [3.8, 4) is 23.4 Å². The third-order valence-electron chi connectivity index (χ3n) is 3.42. The van der Waals surface area contributed by atoms with Gasteiger partial charge in [0.1, 0.15) is 11.8 Å². The normalized spacial score (nSPS) is 14.3. The van der Waals surface area contributed by atoms with Crippen LogP contribution in [-0.2, 0) is 4.74 Å². The molecule has 118 valence electrons. The summed E-state index contributed by atoms with van der Waals surface area (Å²) in [6.45, 7) is 2.43. The number of nitriles is 1. The van der Waals surface area contributed by atoms with Gasteiger partial charge in [-0.1, -0.05) is 0 Å². The predicted octanol–water partition coefficient (Wildman–Crippen LogP) is 2.43. The molecular formula is C16H14FN3O3. The Morgan fingerprint density at radius 3 is 2.74 bits per heavy atom. The van der Waals surface area contributed by atoms with Gasteiger partial charge in [-0.2, -0.15) is 10.2 Å². The predicted molar refractivity (Wildman–Crippen MR) is 80.1 cm³/mol. The smallest absolute Gasteiger partial charge is 0.221 e. The molecule has 0 radical (unpaired) electrons. The summed E-state index contributed by atoms with van der Waals surface area (Å²) < 4.78 is 23.9. The number of phenols is 1. The number of phenolic OH excluding ortho intramolecular Hbond substituents is 1. The minimum absolute atomic E-state index is 0.258. The highest BCUT2D eigenvalue weighted by Gasteiger charge is 2.17. The molecule has 1 aliphatic heterocycles. The number of pyridine rings is 1. The molecule has 0 atom stereocenters. The van der Waals surface area contributed by atoms with Gasteiger partial charge in [0.15, 0.2) is 17.4 Å². The Hall–Kier alpha value is -2.85. The maximum absolute atomic E-state index is 13.1. The summed E-state index contributed by atoms with van der Waals surface area (Å²) in [6.07, 6.45) is 0. The van der Waals surface area contributed by atoms with Crippen LogP contribution in [0.15, 0.2) is 30.3 Å². The maximum Gasteiger partial charge on any atom is 0.221 e. The van der Waals surface area contributed by atoms with Gasteiger partial charge in [-0.05, 0) is 18.2 Å². The van der Waals surface area contributed by atoms with Crippen LogP contribution in [0.25, 0.3) is 0 Å². The molecule has 3 rings (SSSR count). The van der Waals surface area contributed by atoms with E-state index in [-0.39, 0.29) is 11.6 Å². The Morgan fingerprint density at radius 1 is 1.26 bits per heavy atom. The molecular weight excluding hydrogens is 301 g/mol. The van der Waals surface area contributed by atoms with Crippen LogP contribution in [-0.4, -0.2) is 36.4 Å². The van der Waals surface area contributed by atoms with Gasteiger partial charge < -0.3 is 19.5 Å². The lowest BCUT2D eigenvalue weighted by Crippen LogP contribution is -2.37. The van der Waals surface area contributed by atoms with Crippen LogP contribution in [0.2, 0.25) is 0 Å². The number of nitrogens with zero attached hydrogens (tertiary/aromatic N) is 3. The van der Waals surface area contributed by atoms with Crippen molar-refractivity contribution >= 4 is 5.82 Å². The van der Waals surface area contributed by atoms with Gasteiger partial charge in [-0.25, -0.2) is 4.39 Å². The van der Waals surface area contributed by atoms with Crippen LogP contribution in [0, 0.1) is 17.1 Å². The zero-order valence-electron chi connectivity index (χ0n) is 12.2. The number of benzene rings is 1. The Balaban J connectivity index is 1.88. The van der Waals surface area contributed by atoms with Gasteiger partial charge in [0.2, 0.25) is 5.88 Å². The van der Waals surface area contributed by atoms with Gasteiger partial charge >= 0.3 is 0 Å². The molecule has 0 amide bonds. The Bertz CT molecular complexity index is 755. The molecule has 1 aromatic heterocycles. The summed E-state index contributed by atoms with van der Waals surface area (Å²) >= 11 is 0. The molecule has 7 heteroatoms. The van der Waals surface area contributed by atoms with Crippen molar-refractivity contribution in [1.29, 1.82) is 5.26 Å². The Morgan fingerprint density at radius 2 is 2.04 bits per heavy atom. The first-order chi connectivity index (χ1) is 11.2. The van der Waals surface area contributed by atoms with Crippen LogP contribution in [0.1, 0.15) is 5.56 Å². The summed E-state index contributed by atoms with van der Waals surface area (Å²) in [4.78, 5) is 6.32. The quantitative estimate of drug-likeness (QED) is 0.937. The van der Waals surface area contributed by atoms with Crippen LogP contribution in [0.5, 0.6) is 17.4 Å². The number of aromatic hydroxyl groups is 1. The number of hydrogen-bond acceptors (Lipinski definition) is 6. The second-order valence-electron chi connectivity index (χ2n) is 4.95. The van der Waals surface area contributed by atoms with E-state index in [4.69, 9.17) is 9.47 Å². The SMILES string of the molecule is N#Cc1ccc(Oc2ccc(F)c(O)c2)nc1N1CCOCC1. The van der Waals surface area contributed by atoms with Gasteiger partial charge in [-0.3, -0.25) is 0 Å². The van der Waals surface area contributed by atoms with Crippen molar-refractivity contribution in [1.82, 2.24) is 4.98 Å². The molecule has 2 aromatic rings. The molecule has 0 saturated carbocycles. The second kappa shape index (κ2) is 6.50. The Labute approximate surface area is 132 Å². The van der Waals surface area contributed by atoms with Crippen LogP contribution >= 0.6 is 0 Å². The molecule has 1 N–H and O–H groups in total. The standard InChI is InChI=1S/C16H14FN3O3/c17-13-3-2-12(9-14(13)21)23-15-4-1-11(10-18)16(19-15)20-5-7-22-8-6-20/h1-4,9,21H,5-8H2. The molecule has 1 aliphatic rings. The lowest BCUT2D eigenvalue weighted by atomic mass is 10.2. The van der Waals surface area contributed by atoms with Crippen LogP contribution < -0.4 is 9.64 Å². The highest BCUT2D eigenvalue weighted by atomic mass is 19.1. The molecule has 0 spiro atoms. The van der Waals surface area contributed by atoms with Crippen LogP contribution in [0.3, 0.4) is 0 Å². The summed E-state index contributed by atoms with van der Waals surface area (Å²) in [6, 6.07) is 8.96. The van der Waals surface area contributed by atoms with Crippen LogP contribution in [0.4, 0.5) is 10.2 Å². The topological polar surface area (TPSA) is 78.6 Å². The highest BCUT2D eigenvalue weighted by molar-refractivity contribution is 5.55.